The van der Waals surface area contributed by atoms with Crippen molar-refractivity contribution in [2.45, 2.75) is 10.1 Å². The van der Waals surface area contributed by atoms with Crippen LogP contribution < -0.4 is 4.90 Å². The van der Waals surface area contributed by atoms with Crippen molar-refractivity contribution in [2.24, 2.45) is 0 Å². The topological polar surface area (TPSA) is 41.9 Å². The molecular formula is C11H9ClF2N4S. The minimum Gasteiger partial charge on any atom is -0.347 e. The van der Waals surface area contributed by atoms with E-state index in [0.717, 1.165) is 30.0 Å². The summed E-state index contributed by atoms with van der Waals surface area (Å²) < 4.78 is 26.6. The van der Waals surface area contributed by atoms with Gasteiger partial charge < -0.3 is 4.90 Å². The second-order valence-corrected chi connectivity index (χ2v) is 5.11. The summed E-state index contributed by atoms with van der Waals surface area (Å²) >= 11 is 6.65. The van der Waals surface area contributed by atoms with E-state index in [4.69, 9.17) is 11.6 Å². The molecule has 0 radical (unpaired) electrons. The predicted octanol–water partition coefficient (Wildman–Crippen LogP) is 3.02. The molecular weight excluding hydrogens is 294 g/mol. The zero-order chi connectivity index (χ0) is 14.0. The molecule has 100 valence electrons. The van der Waals surface area contributed by atoms with Gasteiger partial charge in [-0.2, -0.15) is 15.0 Å². The molecule has 0 aliphatic rings. The van der Waals surface area contributed by atoms with E-state index in [9.17, 15) is 8.78 Å². The third-order valence-corrected chi connectivity index (χ3v) is 3.14. The number of halogens is 3. The molecule has 2 rings (SSSR count). The van der Waals surface area contributed by atoms with Gasteiger partial charge in [-0.25, -0.2) is 8.78 Å². The molecule has 19 heavy (non-hydrogen) atoms. The van der Waals surface area contributed by atoms with Crippen LogP contribution >= 0.6 is 23.4 Å². The normalized spacial score (nSPS) is 10.6. The Bertz CT molecular complexity index is 609. The number of anilines is 1. The van der Waals surface area contributed by atoms with E-state index in [-0.39, 0.29) is 15.3 Å². The van der Waals surface area contributed by atoms with Crippen LogP contribution in [0.2, 0.25) is 5.28 Å². The number of nitrogens with zero attached hydrogens (tertiary/aromatic N) is 4. The van der Waals surface area contributed by atoms with Crippen molar-refractivity contribution in [1.82, 2.24) is 15.0 Å². The zero-order valence-corrected chi connectivity index (χ0v) is 11.6. The van der Waals surface area contributed by atoms with Gasteiger partial charge in [0.2, 0.25) is 11.2 Å². The van der Waals surface area contributed by atoms with E-state index in [1.165, 1.54) is 0 Å². The van der Waals surface area contributed by atoms with Crippen LogP contribution in [0.15, 0.2) is 28.3 Å². The maximum Gasteiger partial charge on any atom is 0.230 e. The molecule has 4 nitrogen and oxygen atoms in total. The molecule has 0 unspecified atom stereocenters. The Balaban J connectivity index is 2.35. The molecule has 0 saturated carbocycles. The van der Waals surface area contributed by atoms with Crippen molar-refractivity contribution in [3.63, 3.8) is 0 Å². The van der Waals surface area contributed by atoms with Crippen LogP contribution in [0.4, 0.5) is 14.7 Å². The highest BCUT2D eigenvalue weighted by molar-refractivity contribution is 7.99. The Hall–Kier alpha value is -1.47. The maximum absolute atomic E-state index is 13.5. The molecule has 0 fully saturated rings. The van der Waals surface area contributed by atoms with Crippen LogP contribution in [-0.2, 0) is 0 Å². The zero-order valence-electron chi connectivity index (χ0n) is 10.1. The Morgan fingerprint density at radius 1 is 1.16 bits per heavy atom. The number of aromatic nitrogens is 3. The van der Waals surface area contributed by atoms with Crippen molar-refractivity contribution in [1.29, 1.82) is 0 Å². The minimum atomic E-state index is -0.547. The van der Waals surface area contributed by atoms with E-state index < -0.39 is 11.6 Å². The molecule has 1 aromatic carbocycles. The van der Waals surface area contributed by atoms with E-state index in [1.807, 2.05) is 0 Å². The van der Waals surface area contributed by atoms with Crippen LogP contribution in [0.3, 0.4) is 0 Å². The van der Waals surface area contributed by atoms with Crippen LogP contribution in [-0.4, -0.2) is 29.0 Å². The average molecular weight is 303 g/mol. The standard InChI is InChI=1S/C11H9ClF2N4S/c1-18(2)10-15-9(12)16-11(17-10)19-8-5-6(13)3-4-7(8)14/h3-5H,1-2H3. The third kappa shape index (κ3) is 3.51. The second kappa shape index (κ2) is 5.66. The monoisotopic (exact) mass is 302 g/mol. The number of hydrogen-bond donors (Lipinski definition) is 0. The molecule has 0 N–H and O–H groups in total. The predicted molar refractivity (Wildman–Crippen MR) is 69.6 cm³/mol. The molecule has 1 aromatic heterocycles. The van der Waals surface area contributed by atoms with Crippen LogP contribution in [0, 0.1) is 11.6 Å². The fourth-order valence-electron chi connectivity index (χ4n) is 1.22. The third-order valence-electron chi connectivity index (χ3n) is 2.07. The van der Waals surface area contributed by atoms with Gasteiger partial charge in [-0.3, -0.25) is 0 Å². The molecule has 0 spiro atoms. The number of rotatable bonds is 3. The molecule has 2 aromatic rings. The van der Waals surface area contributed by atoms with Gasteiger partial charge in [-0.05, 0) is 41.6 Å². The van der Waals surface area contributed by atoms with Gasteiger partial charge in [-0.1, -0.05) is 0 Å². The summed E-state index contributed by atoms with van der Waals surface area (Å²) in [7, 11) is 3.48. The van der Waals surface area contributed by atoms with E-state index in [1.54, 1.807) is 19.0 Å². The number of benzene rings is 1. The van der Waals surface area contributed by atoms with Gasteiger partial charge in [0.15, 0.2) is 5.16 Å². The van der Waals surface area contributed by atoms with Gasteiger partial charge in [0.25, 0.3) is 0 Å². The van der Waals surface area contributed by atoms with Gasteiger partial charge in [0.1, 0.15) is 11.6 Å². The largest absolute Gasteiger partial charge is 0.347 e. The van der Waals surface area contributed by atoms with Crippen LogP contribution in [0.1, 0.15) is 0 Å². The first-order valence-electron chi connectivity index (χ1n) is 5.17. The van der Waals surface area contributed by atoms with Crippen LogP contribution in [0.25, 0.3) is 0 Å². The van der Waals surface area contributed by atoms with E-state index in [2.05, 4.69) is 15.0 Å². The molecule has 0 bridgehead atoms. The fourth-order valence-corrected chi connectivity index (χ4v) is 2.22. The quantitative estimate of drug-likeness (QED) is 0.872. The fraction of sp³-hybridized carbons (Fsp3) is 0.182. The Morgan fingerprint density at radius 2 is 1.89 bits per heavy atom. The molecule has 0 aliphatic heterocycles. The Morgan fingerprint density at radius 3 is 2.58 bits per heavy atom. The summed E-state index contributed by atoms with van der Waals surface area (Å²) in [6, 6.07) is 3.17. The molecule has 1 heterocycles. The molecule has 0 amide bonds. The summed E-state index contributed by atoms with van der Waals surface area (Å²) in [5, 5.41) is 0.200. The lowest BCUT2D eigenvalue weighted by Gasteiger charge is -2.10. The first kappa shape index (κ1) is 14.0. The summed E-state index contributed by atoms with van der Waals surface area (Å²) in [5.41, 5.74) is 0. The van der Waals surface area contributed by atoms with Gasteiger partial charge >= 0.3 is 0 Å². The summed E-state index contributed by atoms with van der Waals surface area (Å²) in [5.74, 6) is -0.731. The first-order chi connectivity index (χ1) is 8.95. The summed E-state index contributed by atoms with van der Waals surface area (Å²) in [6.45, 7) is 0. The summed E-state index contributed by atoms with van der Waals surface area (Å²) in [4.78, 5) is 13.6. The van der Waals surface area contributed by atoms with Crippen molar-refractivity contribution in [3.05, 3.63) is 35.1 Å². The van der Waals surface area contributed by atoms with Crippen molar-refractivity contribution < 1.29 is 8.78 Å². The SMILES string of the molecule is CN(C)c1nc(Cl)nc(Sc2cc(F)ccc2F)n1. The van der Waals surface area contributed by atoms with Gasteiger partial charge in [-0.15, -0.1) is 0 Å². The van der Waals surface area contributed by atoms with E-state index >= 15 is 0 Å². The lowest BCUT2D eigenvalue weighted by Crippen LogP contribution is -2.13. The van der Waals surface area contributed by atoms with Crippen molar-refractivity contribution >= 4 is 29.3 Å². The second-order valence-electron chi connectivity index (χ2n) is 3.76. The highest BCUT2D eigenvalue weighted by Gasteiger charge is 2.11. The summed E-state index contributed by atoms with van der Waals surface area (Å²) in [6.07, 6.45) is 0. The number of hydrogen-bond acceptors (Lipinski definition) is 5. The van der Waals surface area contributed by atoms with Gasteiger partial charge in [0, 0.05) is 14.1 Å². The molecule has 8 heteroatoms. The lowest BCUT2D eigenvalue weighted by molar-refractivity contribution is 0.577. The van der Waals surface area contributed by atoms with Crippen LogP contribution in [0.5, 0.6) is 0 Å². The van der Waals surface area contributed by atoms with E-state index in [0.29, 0.717) is 5.95 Å². The van der Waals surface area contributed by atoms with Crippen molar-refractivity contribution in [3.8, 4) is 0 Å². The average Bonchev–Trinajstić information content (AvgIpc) is 2.33. The Kier molecular flexibility index (Phi) is 4.16. The highest BCUT2D eigenvalue weighted by Crippen LogP contribution is 2.29. The minimum absolute atomic E-state index is 0.00184. The highest BCUT2D eigenvalue weighted by atomic mass is 35.5. The molecule has 0 saturated heterocycles. The molecule has 0 aliphatic carbocycles. The van der Waals surface area contributed by atoms with Crippen molar-refractivity contribution in [2.75, 3.05) is 19.0 Å². The van der Waals surface area contributed by atoms with Gasteiger partial charge in [0.05, 0.1) is 4.90 Å². The smallest absolute Gasteiger partial charge is 0.230 e. The Labute approximate surface area is 117 Å². The molecule has 0 atom stereocenters. The lowest BCUT2D eigenvalue weighted by atomic mass is 10.3. The maximum atomic E-state index is 13.5. The first-order valence-corrected chi connectivity index (χ1v) is 6.37.